The predicted octanol–water partition coefficient (Wildman–Crippen LogP) is 0.143. The molecule has 4 N–H and O–H groups in total. The molecule has 0 radical (unpaired) electrons. The highest BCUT2D eigenvalue weighted by atomic mass is 32.2. The summed E-state index contributed by atoms with van der Waals surface area (Å²) in [5.41, 5.74) is 5.96. The third-order valence-corrected chi connectivity index (χ3v) is 4.34. The van der Waals surface area contributed by atoms with Crippen LogP contribution in [0.25, 0.3) is 0 Å². The van der Waals surface area contributed by atoms with E-state index in [4.69, 9.17) is 10.8 Å². The van der Waals surface area contributed by atoms with E-state index in [1.165, 1.54) is 18.2 Å². The van der Waals surface area contributed by atoms with Gasteiger partial charge in [0.15, 0.2) is 0 Å². The van der Waals surface area contributed by atoms with Crippen molar-refractivity contribution >= 4 is 15.9 Å². The van der Waals surface area contributed by atoms with Crippen molar-refractivity contribution in [1.29, 1.82) is 0 Å². The number of aliphatic hydroxyl groups is 1. The summed E-state index contributed by atoms with van der Waals surface area (Å²) >= 11 is 0. The molecule has 0 aliphatic rings. The Morgan fingerprint density at radius 3 is 2.58 bits per heavy atom. The lowest BCUT2D eigenvalue weighted by molar-refractivity contribution is 0.0999. The molecule has 1 rings (SSSR count). The second-order valence-corrected chi connectivity index (χ2v) is 5.96. The smallest absolute Gasteiger partial charge is 0.249 e. The molecule has 0 saturated heterocycles. The van der Waals surface area contributed by atoms with Crippen molar-refractivity contribution in [2.75, 3.05) is 6.61 Å². The lowest BCUT2D eigenvalue weighted by Gasteiger charge is -2.15. The molecule has 19 heavy (non-hydrogen) atoms. The van der Waals surface area contributed by atoms with E-state index in [1.54, 1.807) is 13.8 Å². The van der Waals surface area contributed by atoms with Crippen molar-refractivity contribution in [2.24, 2.45) is 5.73 Å². The Bertz CT molecular complexity index is 565. The predicted molar refractivity (Wildman–Crippen MR) is 71.2 cm³/mol. The first-order chi connectivity index (χ1) is 8.81. The van der Waals surface area contributed by atoms with Gasteiger partial charge in [0.25, 0.3) is 0 Å². The molecule has 1 amide bonds. The second-order valence-electron chi connectivity index (χ2n) is 4.25. The van der Waals surface area contributed by atoms with Crippen LogP contribution in [0.4, 0.5) is 0 Å². The molecule has 1 aromatic carbocycles. The van der Waals surface area contributed by atoms with Gasteiger partial charge in [-0.15, -0.1) is 0 Å². The summed E-state index contributed by atoms with van der Waals surface area (Å²) in [4.78, 5) is 11.2. The molecule has 1 unspecified atom stereocenters. The topological polar surface area (TPSA) is 109 Å². The van der Waals surface area contributed by atoms with Crippen LogP contribution in [0, 0.1) is 6.92 Å². The molecular weight excluding hydrogens is 268 g/mol. The van der Waals surface area contributed by atoms with Gasteiger partial charge in [-0.1, -0.05) is 13.0 Å². The highest BCUT2D eigenvalue weighted by Crippen LogP contribution is 2.15. The van der Waals surface area contributed by atoms with E-state index >= 15 is 0 Å². The van der Waals surface area contributed by atoms with E-state index in [0.717, 1.165) is 0 Å². The van der Waals surface area contributed by atoms with Crippen LogP contribution in [0.15, 0.2) is 23.1 Å². The molecule has 0 aliphatic carbocycles. The minimum atomic E-state index is -3.77. The quantitative estimate of drug-likeness (QED) is 0.691. The third-order valence-electron chi connectivity index (χ3n) is 2.82. The van der Waals surface area contributed by atoms with Gasteiger partial charge in [0.2, 0.25) is 15.9 Å². The van der Waals surface area contributed by atoms with Crippen LogP contribution in [-0.2, 0) is 10.0 Å². The SMILES string of the molecule is CCC(CO)NS(=O)(=O)c1ccc(C)c(C(N)=O)c1. The minimum Gasteiger partial charge on any atom is -0.395 e. The van der Waals surface area contributed by atoms with Gasteiger partial charge < -0.3 is 10.8 Å². The van der Waals surface area contributed by atoms with Crippen LogP contribution >= 0.6 is 0 Å². The Balaban J connectivity index is 3.15. The zero-order valence-corrected chi connectivity index (χ0v) is 11.7. The maximum absolute atomic E-state index is 12.1. The van der Waals surface area contributed by atoms with Gasteiger partial charge in [0.05, 0.1) is 11.5 Å². The van der Waals surface area contributed by atoms with E-state index in [0.29, 0.717) is 12.0 Å². The van der Waals surface area contributed by atoms with Gasteiger partial charge in [0.1, 0.15) is 0 Å². The summed E-state index contributed by atoms with van der Waals surface area (Å²) in [7, 11) is -3.77. The highest BCUT2D eigenvalue weighted by molar-refractivity contribution is 7.89. The molecule has 1 atom stereocenters. The number of rotatable bonds is 6. The molecule has 0 heterocycles. The van der Waals surface area contributed by atoms with E-state index in [1.807, 2.05) is 0 Å². The zero-order chi connectivity index (χ0) is 14.6. The second kappa shape index (κ2) is 6.14. The number of hydrogen-bond acceptors (Lipinski definition) is 4. The molecule has 1 aromatic rings. The Hall–Kier alpha value is -1.44. The molecule has 0 aliphatic heterocycles. The summed E-state index contributed by atoms with van der Waals surface area (Å²) in [6.45, 7) is 3.14. The Morgan fingerprint density at radius 2 is 2.11 bits per heavy atom. The standard InChI is InChI=1S/C12H18N2O4S/c1-3-9(7-15)14-19(17,18)10-5-4-8(2)11(6-10)12(13)16/h4-6,9,14-15H,3,7H2,1-2H3,(H2,13,16). The number of primary amides is 1. The van der Waals surface area contributed by atoms with Crippen molar-refractivity contribution in [1.82, 2.24) is 4.72 Å². The van der Waals surface area contributed by atoms with Crippen LogP contribution in [-0.4, -0.2) is 32.1 Å². The Labute approximate surface area is 112 Å². The summed E-state index contributed by atoms with van der Waals surface area (Å²) < 4.78 is 26.5. The van der Waals surface area contributed by atoms with Crippen LogP contribution in [0.3, 0.4) is 0 Å². The third kappa shape index (κ3) is 3.76. The number of nitrogens with one attached hydrogen (secondary N) is 1. The van der Waals surface area contributed by atoms with E-state index in [9.17, 15) is 13.2 Å². The van der Waals surface area contributed by atoms with Gasteiger partial charge in [0, 0.05) is 11.6 Å². The average molecular weight is 286 g/mol. The van der Waals surface area contributed by atoms with Crippen LogP contribution < -0.4 is 10.5 Å². The summed E-state index contributed by atoms with van der Waals surface area (Å²) in [6, 6.07) is 3.61. The number of sulfonamides is 1. The summed E-state index contributed by atoms with van der Waals surface area (Å²) in [5.74, 6) is -0.677. The number of carbonyl (C=O) groups excluding carboxylic acids is 1. The summed E-state index contributed by atoms with van der Waals surface area (Å²) in [5, 5.41) is 9.02. The molecule has 7 heteroatoms. The average Bonchev–Trinajstić information content (AvgIpc) is 2.35. The molecule has 6 nitrogen and oxygen atoms in total. The first-order valence-electron chi connectivity index (χ1n) is 5.85. The van der Waals surface area contributed by atoms with Crippen molar-refractivity contribution < 1.29 is 18.3 Å². The van der Waals surface area contributed by atoms with Gasteiger partial charge in [-0.25, -0.2) is 13.1 Å². The van der Waals surface area contributed by atoms with Crippen LogP contribution in [0.1, 0.15) is 29.3 Å². The number of hydrogen-bond donors (Lipinski definition) is 3. The maximum atomic E-state index is 12.1. The number of benzene rings is 1. The Morgan fingerprint density at radius 1 is 1.47 bits per heavy atom. The van der Waals surface area contributed by atoms with E-state index in [2.05, 4.69) is 4.72 Å². The van der Waals surface area contributed by atoms with E-state index in [-0.39, 0.29) is 17.1 Å². The zero-order valence-electron chi connectivity index (χ0n) is 10.9. The lowest BCUT2D eigenvalue weighted by Crippen LogP contribution is -2.37. The number of aliphatic hydroxyl groups excluding tert-OH is 1. The number of aryl methyl sites for hydroxylation is 1. The normalized spacial score (nSPS) is 13.2. The molecule has 0 saturated carbocycles. The van der Waals surface area contributed by atoms with Crippen molar-refractivity contribution in [3.05, 3.63) is 29.3 Å². The number of carbonyl (C=O) groups is 1. The fourth-order valence-corrected chi connectivity index (χ4v) is 2.91. The van der Waals surface area contributed by atoms with Gasteiger partial charge in [-0.3, -0.25) is 4.79 Å². The van der Waals surface area contributed by atoms with Crippen LogP contribution in [0.2, 0.25) is 0 Å². The van der Waals surface area contributed by atoms with Crippen molar-refractivity contribution in [3.8, 4) is 0 Å². The summed E-state index contributed by atoms with van der Waals surface area (Å²) in [6.07, 6.45) is 0.463. The molecule has 0 fully saturated rings. The fraction of sp³-hybridized carbons (Fsp3) is 0.417. The number of nitrogens with two attached hydrogens (primary N) is 1. The Kier molecular flexibility index (Phi) is 5.04. The molecule has 0 spiro atoms. The van der Waals surface area contributed by atoms with Gasteiger partial charge in [-0.2, -0.15) is 0 Å². The monoisotopic (exact) mass is 286 g/mol. The molecule has 106 valence electrons. The first kappa shape index (κ1) is 15.6. The fourth-order valence-electron chi connectivity index (χ4n) is 1.57. The van der Waals surface area contributed by atoms with Gasteiger partial charge >= 0.3 is 0 Å². The number of amides is 1. The highest BCUT2D eigenvalue weighted by Gasteiger charge is 2.20. The molecule has 0 aromatic heterocycles. The largest absolute Gasteiger partial charge is 0.395 e. The van der Waals surface area contributed by atoms with Crippen molar-refractivity contribution in [2.45, 2.75) is 31.2 Å². The minimum absolute atomic E-state index is 0.0428. The lowest BCUT2D eigenvalue weighted by atomic mass is 10.1. The van der Waals surface area contributed by atoms with E-state index < -0.39 is 22.0 Å². The first-order valence-corrected chi connectivity index (χ1v) is 7.33. The van der Waals surface area contributed by atoms with Crippen molar-refractivity contribution in [3.63, 3.8) is 0 Å². The maximum Gasteiger partial charge on any atom is 0.249 e. The van der Waals surface area contributed by atoms with Crippen LogP contribution in [0.5, 0.6) is 0 Å². The molecule has 0 bridgehead atoms. The van der Waals surface area contributed by atoms with Gasteiger partial charge in [-0.05, 0) is 31.0 Å². The molecular formula is C12H18N2O4S.